The zero-order chi connectivity index (χ0) is 6.85. The summed E-state index contributed by atoms with van der Waals surface area (Å²) in [5.41, 5.74) is 0.851. The first-order chi connectivity index (χ1) is 4.20. The van der Waals surface area contributed by atoms with E-state index in [1.54, 1.807) is 12.2 Å². The average molecular weight is 161 g/mol. The molecule has 0 heterocycles. The minimum absolute atomic E-state index is 0.0764. The molecule has 0 bridgehead atoms. The zero-order valence-corrected chi connectivity index (χ0v) is 6.28. The lowest BCUT2D eigenvalue weighted by molar-refractivity contribution is 1.28. The van der Waals surface area contributed by atoms with Crippen LogP contribution in [0.15, 0.2) is 35.4 Å². The van der Waals surface area contributed by atoms with E-state index in [0.717, 1.165) is 5.57 Å². The second kappa shape index (κ2) is 2.59. The number of hydrogen-bond acceptors (Lipinski definition) is 0. The van der Waals surface area contributed by atoms with E-state index in [4.69, 9.17) is 23.2 Å². The lowest BCUT2D eigenvalue weighted by Crippen LogP contribution is -1.98. The molecule has 0 aromatic carbocycles. The van der Waals surface area contributed by atoms with Crippen molar-refractivity contribution in [3.63, 3.8) is 0 Å². The van der Waals surface area contributed by atoms with E-state index in [-0.39, 0.29) is 5.38 Å². The molecule has 1 atom stereocenters. The maximum atomic E-state index is 5.74. The van der Waals surface area contributed by atoms with Gasteiger partial charge in [-0.15, -0.1) is 11.6 Å². The minimum Gasteiger partial charge on any atom is -0.113 e. The molecule has 0 radical (unpaired) electrons. The highest BCUT2D eigenvalue weighted by Crippen LogP contribution is 2.20. The molecule has 1 rings (SSSR count). The molecule has 0 aromatic rings. The predicted molar refractivity (Wildman–Crippen MR) is 41.9 cm³/mol. The Labute approximate surface area is 64.5 Å². The van der Waals surface area contributed by atoms with Crippen LogP contribution in [0.25, 0.3) is 0 Å². The maximum absolute atomic E-state index is 5.74. The Balaban J connectivity index is 2.82. The van der Waals surface area contributed by atoms with Gasteiger partial charge in [-0.3, -0.25) is 0 Å². The Morgan fingerprint density at radius 3 is 2.67 bits per heavy atom. The molecule has 2 heteroatoms. The van der Waals surface area contributed by atoms with Gasteiger partial charge in [0.1, 0.15) is 0 Å². The highest BCUT2D eigenvalue weighted by Gasteiger charge is 2.06. The summed E-state index contributed by atoms with van der Waals surface area (Å²) in [5, 5.41) is 0.615. The van der Waals surface area contributed by atoms with Crippen LogP contribution < -0.4 is 0 Å². The number of rotatable bonds is 0. The third-order valence-electron chi connectivity index (χ3n) is 1.10. The van der Waals surface area contributed by atoms with Crippen LogP contribution in [-0.4, -0.2) is 5.38 Å². The molecule has 1 aliphatic carbocycles. The minimum atomic E-state index is -0.0764. The molecule has 0 N–H and O–H groups in total. The van der Waals surface area contributed by atoms with Crippen molar-refractivity contribution in [2.24, 2.45) is 0 Å². The van der Waals surface area contributed by atoms with Crippen molar-refractivity contribution in [1.82, 2.24) is 0 Å². The summed E-state index contributed by atoms with van der Waals surface area (Å²) in [6.07, 6.45) is 5.35. The highest BCUT2D eigenvalue weighted by atomic mass is 35.5. The highest BCUT2D eigenvalue weighted by molar-refractivity contribution is 6.32. The van der Waals surface area contributed by atoms with Gasteiger partial charge in [0.2, 0.25) is 0 Å². The monoisotopic (exact) mass is 160 g/mol. The summed E-state index contributed by atoms with van der Waals surface area (Å²) in [5.74, 6) is 0. The molecule has 0 fully saturated rings. The van der Waals surface area contributed by atoms with Gasteiger partial charge >= 0.3 is 0 Å². The topological polar surface area (TPSA) is 0 Å². The Morgan fingerprint density at radius 2 is 2.22 bits per heavy atom. The van der Waals surface area contributed by atoms with Gasteiger partial charge in [-0.1, -0.05) is 24.3 Å². The molecule has 0 spiro atoms. The van der Waals surface area contributed by atoms with E-state index in [0.29, 0.717) is 5.03 Å². The molecule has 0 saturated carbocycles. The van der Waals surface area contributed by atoms with Gasteiger partial charge in [0.15, 0.2) is 0 Å². The lowest BCUT2D eigenvalue weighted by atomic mass is 10.1. The third kappa shape index (κ3) is 1.60. The molecule has 0 amide bonds. The first-order valence-corrected chi connectivity index (χ1v) is 3.40. The van der Waals surface area contributed by atoms with Crippen LogP contribution in [0.2, 0.25) is 0 Å². The molecule has 48 valence electrons. The SMILES string of the molecule is C=C1C=C(Cl)C=CC1Cl. The summed E-state index contributed by atoms with van der Waals surface area (Å²) >= 11 is 11.4. The Bertz CT molecular complexity index is 189. The van der Waals surface area contributed by atoms with Crippen molar-refractivity contribution in [2.75, 3.05) is 0 Å². The van der Waals surface area contributed by atoms with Crippen molar-refractivity contribution in [1.29, 1.82) is 0 Å². The van der Waals surface area contributed by atoms with E-state index in [1.807, 2.05) is 6.08 Å². The van der Waals surface area contributed by atoms with Crippen LogP contribution in [0.4, 0.5) is 0 Å². The van der Waals surface area contributed by atoms with Gasteiger partial charge in [-0.25, -0.2) is 0 Å². The largest absolute Gasteiger partial charge is 0.113 e. The van der Waals surface area contributed by atoms with Gasteiger partial charge in [0, 0.05) is 5.03 Å². The Hall–Kier alpha value is -0.200. The zero-order valence-electron chi connectivity index (χ0n) is 4.77. The van der Waals surface area contributed by atoms with Gasteiger partial charge in [-0.05, 0) is 17.7 Å². The maximum Gasteiger partial charge on any atom is 0.0764 e. The lowest BCUT2D eigenvalue weighted by Gasteiger charge is -2.07. The predicted octanol–water partition coefficient (Wildman–Crippen LogP) is 2.84. The van der Waals surface area contributed by atoms with Crippen molar-refractivity contribution in [3.05, 3.63) is 35.4 Å². The number of hydrogen-bond donors (Lipinski definition) is 0. The summed E-state index contributed by atoms with van der Waals surface area (Å²) in [6, 6.07) is 0. The molecular weight excluding hydrogens is 155 g/mol. The number of halogens is 2. The smallest absolute Gasteiger partial charge is 0.0764 e. The third-order valence-corrected chi connectivity index (χ3v) is 1.76. The van der Waals surface area contributed by atoms with E-state index in [2.05, 4.69) is 6.58 Å². The number of alkyl halides is 1. The molecule has 9 heavy (non-hydrogen) atoms. The van der Waals surface area contributed by atoms with Crippen LogP contribution in [0.5, 0.6) is 0 Å². The fourth-order valence-electron chi connectivity index (χ4n) is 0.605. The van der Waals surface area contributed by atoms with Gasteiger partial charge < -0.3 is 0 Å². The van der Waals surface area contributed by atoms with Crippen LogP contribution in [0.1, 0.15) is 0 Å². The molecule has 1 unspecified atom stereocenters. The van der Waals surface area contributed by atoms with Crippen molar-refractivity contribution in [2.45, 2.75) is 5.38 Å². The molecule has 0 aliphatic heterocycles. The summed E-state index contributed by atoms with van der Waals surface area (Å²) in [7, 11) is 0. The molecule has 1 aliphatic rings. The van der Waals surface area contributed by atoms with E-state index in [1.165, 1.54) is 0 Å². The van der Waals surface area contributed by atoms with Gasteiger partial charge in [0.25, 0.3) is 0 Å². The average Bonchev–Trinajstić information content (AvgIpc) is 1.80. The Morgan fingerprint density at radius 1 is 1.56 bits per heavy atom. The number of allylic oxidation sites excluding steroid dienone is 5. The van der Waals surface area contributed by atoms with E-state index >= 15 is 0 Å². The van der Waals surface area contributed by atoms with Crippen molar-refractivity contribution in [3.8, 4) is 0 Å². The first kappa shape index (κ1) is 6.91. The molecular formula is C7H6Cl2. The van der Waals surface area contributed by atoms with Crippen molar-refractivity contribution >= 4 is 23.2 Å². The van der Waals surface area contributed by atoms with E-state index in [9.17, 15) is 0 Å². The van der Waals surface area contributed by atoms with Crippen molar-refractivity contribution < 1.29 is 0 Å². The molecule has 0 nitrogen and oxygen atoms in total. The van der Waals surface area contributed by atoms with Gasteiger partial charge in [0.05, 0.1) is 5.38 Å². The summed E-state index contributed by atoms with van der Waals surface area (Å²) < 4.78 is 0. The second-order valence-electron chi connectivity index (χ2n) is 1.87. The van der Waals surface area contributed by atoms with Crippen LogP contribution in [0, 0.1) is 0 Å². The van der Waals surface area contributed by atoms with Crippen LogP contribution in [-0.2, 0) is 0 Å². The standard InChI is InChI=1S/C7H6Cl2/c1-5-4-6(8)2-3-7(5)9/h2-4,7H,1H2. The van der Waals surface area contributed by atoms with E-state index < -0.39 is 0 Å². The Kier molecular flexibility index (Phi) is 1.99. The summed E-state index contributed by atoms with van der Waals surface area (Å²) in [4.78, 5) is 0. The quantitative estimate of drug-likeness (QED) is 0.479. The normalized spacial score (nSPS) is 26.2. The fourth-order valence-corrected chi connectivity index (χ4v) is 0.953. The van der Waals surface area contributed by atoms with Crippen LogP contribution >= 0.6 is 23.2 Å². The first-order valence-electron chi connectivity index (χ1n) is 2.58. The summed E-state index contributed by atoms with van der Waals surface area (Å²) in [6.45, 7) is 3.70. The fraction of sp³-hybridized carbons (Fsp3) is 0.143. The van der Waals surface area contributed by atoms with Crippen LogP contribution in [0.3, 0.4) is 0 Å². The van der Waals surface area contributed by atoms with Gasteiger partial charge in [-0.2, -0.15) is 0 Å². The molecule has 0 aromatic heterocycles. The molecule has 0 saturated heterocycles. The second-order valence-corrected chi connectivity index (χ2v) is 2.77.